The first kappa shape index (κ1) is 15.4. The Balaban J connectivity index is 1.77. The Kier molecular flexibility index (Phi) is 5.47. The van der Waals surface area contributed by atoms with Crippen LogP contribution >= 0.6 is 0 Å². The molecule has 0 spiro atoms. The van der Waals surface area contributed by atoms with Gasteiger partial charge in [-0.2, -0.15) is 4.98 Å². The van der Waals surface area contributed by atoms with Crippen LogP contribution in [0.2, 0.25) is 0 Å². The van der Waals surface area contributed by atoms with E-state index in [1.165, 1.54) is 0 Å². The number of methoxy groups -OCH3 is 1. The van der Waals surface area contributed by atoms with Gasteiger partial charge in [0.15, 0.2) is 5.82 Å². The molecule has 2 unspecified atom stereocenters. The summed E-state index contributed by atoms with van der Waals surface area (Å²) in [6.07, 6.45) is 0.677. The van der Waals surface area contributed by atoms with Crippen molar-refractivity contribution in [3.63, 3.8) is 0 Å². The number of ether oxygens (including phenoxy) is 1. The van der Waals surface area contributed by atoms with Gasteiger partial charge in [0.25, 0.3) is 0 Å². The number of aliphatic hydroxyl groups is 1. The van der Waals surface area contributed by atoms with Gasteiger partial charge in [-0.05, 0) is 20.0 Å². The van der Waals surface area contributed by atoms with Gasteiger partial charge >= 0.3 is 0 Å². The van der Waals surface area contributed by atoms with Gasteiger partial charge < -0.3 is 14.4 Å². The normalized spacial score (nSPS) is 21.8. The minimum Gasteiger partial charge on any atom is -0.389 e. The van der Waals surface area contributed by atoms with E-state index >= 15 is 0 Å². The van der Waals surface area contributed by atoms with Crippen molar-refractivity contribution < 1.29 is 14.4 Å². The monoisotopic (exact) mass is 284 g/mol. The molecule has 0 aliphatic carbocycles. The van der Waals surface area contributed by atoms with E-state index in [-0.39, 0.29) is 0 Å². The molecule has 7 nitrogen and oxygen atoms in total. The van der Waals surface area contributed by atoms with E-state index in [2.05, 4.69) is 27.0 Å². The van der Waals surface area contributed by atoms with Crippen LogP contribution < -0.4 is 0 Å². The van der Waals surface area contributed by atoms with E-state index in [0.717, 1.165) is 25.3 Å². The second-order valence-electron chi connectivity index (χ2n) is 5.46. The molecule has 2 atom stereocenters. The Bertz CT molecular complexity index is 412. The van der Waals surface area contributed by atoms with Crippen LogP contribution in [0.5, 0.6) is 0 Å². The maximum absolute atomic E-state index is 9.76. The Hall–Kier alpha value is -1.02. The van der Waals surface area contributed by atoms with E-state index in [4.69, 9.17) is 9.26 Å². The maximum atomic E-state index is 9.76. The van der Waals surface area contributed by atoms with E-state index < -0.39 is 6.10 Å². The molecule has 2 heterocycles. The topological polar surface area (TPSA) is 74.9 Å². The highest BCUT2D eigenvalue weighted by Gasteiger charge is 2.27. The number of β-amino-alcohol motifs (C(OH)–C–C–N with tert-alkyl or cyclic N) is 1. The van der Waals surface area contributed by atoms with Crippen LogP contribution in [0.25, 0.3) is 0 Å². The van der Waals surface area contributed by atoms with Gasteiger partial charge in [0.2, 0.25) is 5.89 Å². The van der Waals surface area contributed by atoms with Crippen molar-refractivity contribution in [2.75, 3.05) is 40.4 Å². The lowest BCUT2D eigenvalue weighted by atomic mass is 10.2. The molecule has 7 heteroatoms. The Morgan fingerprint density at radius 2 is 2.40 bits per heavy atom. The number of rotatable bonds is 7. The molecule has 114 valence electrons. The summed E-state index contributed by atoms with van der Waals surface area (Å²) in [5, 5.41) is 13.7. The second kappa shape index (κ2) is 7.12. The Morgan fingerprint density at radius 3 is 3.05 bits per heavy atom. The average molecular weight is 284 g/mol. The van der Waals surface area contributed by atoms with Crippen molar-refractivity contribution in [3.05, 3.63) is 11.7 Å². The highest BCUT2D eigenvalue weighted by Crippen LogP contribution is 2.16. The van der Waals surface area contributed by atoms with Crippen LogP contribution in [0.3, 0.4) is 0 Å². The van der Waals surface area contributed by atoms with E-state index in [1.807, 2.05) is 0 Å². The highest BCUT2D eigenvalue weighted by molar-refractivity contribution is 4.88. The molecule has 20 heavy (non-hydrogen) atoms. The third-order valence-electron chi connectivity index (χ3n) is 3.66. The Labute approximate surface area is 119 Å². The zero-order valence-corrected chi connectivity index (χ0v) is 12.4. The fourth-order valence-corrected chi connectivity index (χ4v) is 2.64. The molecule has 1 N–H and O–H groups in total. The molecule has 1 aromatic rings. The quantitative estimate of drug-likeness (QED) is 0.749. The fraction of sp³-hybridized carbons (Fsp3) is 0.846. The second-order valence-corrected chi connectivity index (χ2v) is 5.46. The lowest BCUT2D eigenvalue weighted by Crippen LogP contribution is -2.37. The van der Waals surface area contributed by atoms with Crippen molar-refractivity contribution in [3.8, 4) is 0 Å². The summed E-state index contributed by atoms with van der Waals surface area (Å²) in [7, 11) is 3.68. The third-order valence-corrected chi connectivity index (χ3v) is 3.66. The molecule has 1 saturated heterocycles. The predicted octanol–water partition coefficient (Wildman–Crippen LogP) is -0.109. The fourth-order valence-electron chi connectivity index (χ4n) is 2.64. The maximum Gasteiger partial charge on any atom is 0.223 e. The summed E-state index contributed by atoms with van der Waals surface area (Å²) in [6, 6.07) is 0.462. The van der Waals surface area contributed by atoms with Gasteiger partial charge in [-0.15, -0.1) is 0 Å². The lowest BCUT2D eigenvalue weighted by Gasteiger charge is -2.24. The first-order chi connectivity index (χ1) is 9.58. The van der Waals surface area contributed by atoms with Crippen LogP contribution in [0.15, 0.2) is 4.52 Å². The van der Waals surface area contributed by atoms with E-state index in [1.54, 1.807) is 14.0 Å². The summed E-state index contributed by atoms with van der Waals surface area (Å²) in [4.78, 5) is 8.74. The van der Waals surface area contributed by atoms with E-state index in [9.17, 15) is 5.11 Å². The van der Waals surface area contributed by atoms with Crippen molar-refractivity contribution in [1.29, 1.82) is 0 Å². The lowest BCUT2D eigenvalue weighted by molar-refractivity contribution is 0.0413. The summed E-state index contributed by atoms with van der Waals surface area (Å²) < 4.78 is 9.94. The highest BCUT2D eigenvalue weighted by atomic mass is 16.5. The molecule has 0 amide bonds. The molecular formula is C13H24N4O3. The smallest absolute Gasteiger partial charge is 0.223 e. The molecule has 0 saturated carbocycles. The van der Waals surface area contributed by atoms with Crippen molar-refractivity contribution in [1.82, 2.24) is 19.9 Å². The molecule has 0 aromatic carbocycles. The van der Waals surface area contributed by atoms with Gasteiger partial charge in [-0.3, -0.25) is 9.80 Å². The number of aliphatic hydroxyl groups excluding tert-OH is 1. The Morgan fingerprint density at radius 1 is 1.60 bits per heavy atom. The number of likely N-dealkylation sites (N-methyl/N-ethyl adjacent to an activating group) is 1. The summed E-state index contributed by atoms with van der Waals surface area (Å²) in [5.74, 6) is 1.33. The zero-order valence-electron chi connectivity index (χ0n) is 12.4. The van der Waals surface area contributed by atoms with Crippen molar-refractivity contribution in [2.45, 2.75) is 32.0 Å². The predicted molar refractivity (Wildman–Crippen MR) is 73.2 cm³/mol. The largest absolute Gasteiger partial charge is 0.389 e. The number of aromatic nitrogens is 2. The molecule has 0 bridgehead atoms. The minimum atomic E-state index is -0.413. The van der Waals surface area contributed by atoms with Gasteiger partial charge in [-0.1, -0.05) is 5.16 Å². The molecule has 0 radical (unpaired) electrons. The van der Waals surface area contributed by atoms with Gasteiger partial charge in [-0.25, -0.2) is 0 Å². The molecule has 2 rings (SSSR count). The first-order valence-corrected chi connectivity index (χ1v) is 6.97. The van der Waals surface area contributed by atoms with Crippen LogP contribution in [0, 0.1) is 6.92 Å². The molecule has 1 aliphatic heterocycles. The van der Waals surface area contributed by atoms with Gasteiger partial charge in [0.05, 0.1) is 19.3 Å². The van der Waals surface area contributed by atoms with Crippen molar-refractivity contribution in [2.24, 2.45) is 0 Å². The minimum absolute atomic E-state index is 0.388. The zero-order chi connectivity index (χ0) is 14.5. The van der Waals surface area contributed by atoms with Crippen LogP contribution in [-0.4, -0.2) is 77.6 Å². The SMILES string of the molecule is COCC(O)CN1CCC(N(C)Cc2noc(C)n2)C1. The number of aryl methyl sites for hydroxylation is 1. The summed E-state index contributed by atoms with van der Waals surface area (Å²) >= 11 is 0. The number of hydrogen-bond donors (Lipinski definition) is 1. The molecule has 1 fully saturated rings. The van der Waals surface area contributed by atoms with Crippen LogP contribution in [0.1, 0.15) is 18.1 Å². The van der Waals surface area contributed by atoms with Gasteiger partial charge in [0, 0.05) is 33.2 Å². The standard InChI is InChI=1S/C13H24N4O3/c1-10-14-13(15-20-10)8-16(2)11-4-5-17(6-11)7-12(18)9-19-3/h11-12,18H,4-9H2,1-3H3. The molecule has 1 aromatic heterocycles. The number of nitrogens with zero attached hydrogens (tertiary/aromatic N) is 4. The molecular weight excluding hydrogens is 260 g/mol. The summed E-state index contributed by atoms with van der Waals surface area (Å²) in [5.41, 5.74) is 0. The third kappa shape index (κ3) is 4.24. The van der Waals surface area contributed by atoms with Crippen LogP contribution in [0.4, 0.5) is 0 Å². The van der Waals surface area contributed by atoms with Crippen molar-refractivity contribution >= 4 is 0 Å². The number of hydrogen-bond acceptors (Lipinski definition) is 7. The van der Waals surface area contributed by atoms with E-state index in [0.29, 0.717) is 31.6 Å². The number of likely N-dealkylation sites (tertiary alicyclic amines) is 1. The van der Waals surface area contributed by atoms with Crippen LogP contribution in [-0.2, 0) is 11.3 Å². The first-order valence-electron chi connectivity index (χ1n) is 6.97. The average Bonchev–Trinajstić information content (AvgIpc) is 2.99. The van der Waals surface area contributed by atoms with Gasteiger partial charge in [0.1, 0.15) is 0 Å². The summed E-state index contributed by atoms with van der Waals surface area (Å²) in [6.45, 7) is 5.50. The molecule has 1 aliphatic rings.